The molecular formula is C4H10N2O. The Morgan fingerprint density at radius 1 is 1.71 bits per heavy atom. The standard InChI is InChI=1S/C4H10N2O/c5-3-1-2-6-4(3)7/h3-4,6-7H,1-2,5H2/t3-,4?/m0/s1. The molecule has 0 radical (unpaired) electrons. The fraction of sp³-hybridized carbons (Fsp3) is 1.00. The van der Waals surface area contributed by atoms with E-state index in [1.54, 1.807) is 0 Å². The third kappa shape index (κ3) is 0.907. The van der Waals surface area contributed by atoms with Crippen LogP contribution >= 0.6 is 0 Å². The van der Waals surface area contributed by atoms with Crippen LogP contribution in [0.4, 0.5) is 0 Å². The Bertz CT molecular complexity index is 58.7. The van der Waals surface area contributed by atoms with Gasteiger partial charge in [0.2, 0.25) is 0 Å². The molecule has 4 N–H and O–H groups in total. The molecule has 1 rings (SSSR count). The molecule has 3 nitrogen and oxygen atoms in total. The smallest absolute Gasteiger partial charge is 0.120 e. The molecule has 1 unspecified atom stereocenters. The molecule has 1 heterocycles. The Morgan fingerprint density at radius 3 is 2.57 bits per heavy atom. The number of aliphatic hydroxyl groups excluding tert-OH is 1. The molecule has 0 aliphatic carbocycles. The van der Waals surface area contributed by atoms with E-state index in [0.717, 1.165) is 13.0 Å². The van der Waals surface area contributed by atoms with Gasteiger partial charge in [-0.3, -0.25) is 5.32 Å². The largest absolute Gasteiger partial charge is 0.377 e. The van der Waals surface area contributed by atoms with Crippen molar-refractivity contribution in [2.75, 3.05) is 6.54 Å². The highest BCUT2D eigenvalue weighted by molar-refractivity contribution is 4.77. The second-order valence-corrected chi connectivity index (χ2v) is 1.85. The van der Waals surface area contributed by atoms with Gasteiger partial charge in [0.05, 0.1) is 0 Å². The first kappa shape index (κ1) is 5.03. The minimum Gasteiger partial charge on any atom is -0.377 e. The average Bonchev–Trinajstić information content (AvgIpc) is 1.91. The highest BCUT2D eigenvalue weighted by Gasteiger charge is 2.19. The van der Waals surface area contributed by atoms with Crippen molar-refractivity contribution < 1.29 is 5.11 Å². The molecule has 1 saturated heterocycles. The quantitative estimate of drug-likeness (QED) is 0.353. The number of aliphatic hydroxyl groups is 1. The van der Waals surface area contributed by atoms with E-state index in [2.05, 4.69) is 5.32 Å². The monoisotopic (exact) mass is 102 g/mol. The molecule has 0 bridgehead atoms. The van der Waals surface area contributed by atoms with E-state index in [-0.39, 0.29) is 6.04 Å². The zero-order valence-corrected chi connectivity index (χ0v) is 4.09. The second-order valence-electron chi connectivity index (χ2n) is 1.85. The van der Waals surface area contributed by atoms with Gasteiger partial charge in [-0.25, -0.2) is 0 Å². The van der Waals surface area contributed by atoms with Crippen LogP contribution in [0.3, 0.4) is 0 Å². The van der Waals surface area contributed by atoms with E-state index in [1.807, 2.05) is 0 Å². The Kier molecular flexibility index (Phi) is 1.27. The van der Waals surface area contributed by atoms with Gasteiger partial charge in [0.15, 0.2) is 0 Å². The van der Waals surface area contributed by atoms with Crippen LogP contribution in [0.15, 0.2) is 0 Å². The van der Waals surface area contributed by atoms with Gasteiger partial charge in [0.1, 0.15) is 6.23 Å². The lowest BCUT2D eigenvalue weighted by Gasteiger charge is -2.04. The first-order valence-electron chi connectivity index (χ1n) is 2.48. The van der Waals surface area contributed by atoms with Crippen molar-refractivity contribution in [2.45, 2.75) is 18.7 Å². The van der Waals surface area contributed by atoms with Crippen molar-refractivity contribution in [2.24, 2.45) is 5.73 Å². The van der Waals surface area contributed by atoms with Gasteiger partial charge in [0, 0.05) is 6.04 Å². The molecule has 1 aliphatic heterocycles. The summed E-state index contributed by atoms with van der Waals surface area (Å²) in [5, 5.41) is 11.6. The van der Waals surface area contributed by atoms with Crippen molar-refractivity contribution in [3.8, 4) is 0 Å². The number of hydrogen-bond acceptors (Lipinski definition) is 3. The summed E-state index contributed by atoms with van der Waals surface area (Å²) >= 11 is 0. The van der Waals surface area contributed by atoms with E-state index in [0.29, 0.717) is 0 Å². The van der Waals surface area contributed by atoms with Gasteiger partial charge >= 0.3 is 0 Å². The topological polar surface area (TPSA) is 58.3 Å². The van der Waals surface area contributed by atoms with Gasteiger partial charge in [-0.05, 0) is 13.0 Å². The molecule has 0 saturated carbocycles. The summed E-state index contributed by atoms with van der Waals surface area (Å²) in [6.45, 7) is 0.850. The van der Waals surface area contributed by atoms with Crippen molar-refractivity contribution in [1.29, 1.82) is 0 Å². The summed E-state index contributed by atoms with van der Waals surface area (Å²) in [7, 11) is 0. The third-order valence-electron chi connectivity index (χ3n) is 1.24. The molecular weight excluding hydrogens is 92.1 g/mol. The summed E-state index contributed by atoms with van der Waals surface area (Å²) in [6.07, 6.45) is 0.432. The summed E-state index contributed by atoms with van der Waals surface area (Å²) in [6, 6.07) is -0.0417. The zero-order valence-electron chi connectivity index (χ0n) is 4.09. The van der Waals surface area contributed by atoms with Crippen LogP contribution in [0.5, 0.6) is 0 Å². The Labute approximate surface area is 42.5 Å². The minimum atomic E-state index is -0.458. The minimum absolute atomic E-state index is 0.0417. The molecule has 1 aliphatic rings. The third-order valence-corrected chi connectivity index (χ3v) is 1.24. The maximum Gasteiger partial charge on any atom is 0.120 e. The fourth-order valence-electron chi connectivity index (χ4n) is 0.707. The molecule has 0 aromatic heterocycles. The van der Waals surface area contributed by atoms with E-state index >= 15 is 0 Å². The maximum atomic E-state index is 8.76. The van der Waals surface area contributed by atoms with Gasteiger partial charge in [-0.1, -0.05) is 0 Å². The van der Waals surface area contributed by atoms with Crippen molar-refractivity contribution in [3.63, 3.8) is 0 Å². The molecule has 0 amide bonds. The van der Waals surface area contributed by atoms with E-state index in [9.17, 15) is 0 Å². The van der Waals surface area contributed by atoms with Crippen molar-refractivity contribution in [3.05, 3.63) is 0 Å². The van der Waals surface area contributed by atoms with Gasteiger partial charge in [0.25, 0.3) is 0 Å². The highest BCUT2D eigenvalue weighted by Crippen LogP contribution is 1.98. The lowest BCUT2D eigenvalue weighted by atomic mass is 10.3. The number of hydrogen-bond donors (Lipinski definition) is 3. The molecule has 0 aromatic rings. The molecule has 7 heavy (non-hydrogen) atoms. The SMILES string of the molecule is N[C@H]1CCNC1O. The van der Waals surface area contributed by atoms with Crippen molar-refractivity contribution in [1.82, 2.24) is 5.32 Å². The van der Waals surface area contributed by atoms with E-state index in [1.165, 1.54) is 0 Å². The second kappa shape index (κ2) is 1.78. The van der Waals surface area contributed by atoms with Gasteiger partial charge in [-0.2, -0.15) is 0 Å². The molecule has 0 aromatic carbocycles. The first-order valence-corrected chi connectivity index (χ1v) is 2.48. The van der Waals surface area contributed by atoms with Crippen LogP contribution in [-0.2, 0) is 0 Å². The summed E-state index contributed by atoms with van der Waals surface area (Å²) in [5.41, 5.74) is 5.37. The highest BCUT2D eigenvalue weighted by atomic mass is 16.3. The Hall–Kier alpha value is -0.120. The fourth-order valence-corrected chi connectivity index (χ4v) is 0.707. The number of nitrogens with one attached hydrogen (secondary N) is 1. The number of nitrogens with two attached hydrogens (primary N) is 1. The van der Waals surface area contributed by atoms with Crippen LogP contribution in [0.25, 0.3) is 0 Å². The molecule has 0 spiro atoms. The average molecular weight is 102 g/mol. The van der Waals surface area contributed by atoms with Crippen molar-refractivity contribution >= 4 is 0 Å². The van der Waals surface area contributed by atoms with Crippen LogP contribution in [0.1, 0.15) is 6.42 Å². The normalized spacial score (nSPS) is 42.0. The molecule has 3 heteroatoms. The summed E-state index contributed by atoms with van der Waals surface area (Å²) in [4.78, 5) is 0. The lowest BCUT2D eigenvalue weighted by molar-refractivity contribution is 0.143. The van der Waals surface area contributed by atoms with Crippen LogP contribution in [0.2, 0.25) is 0 Å². The number of rotatable bonds is 0. The zero-order chi connectivity index (χ0) is 5.28. The van der Waals surface area contributed by atoms with Gasteiger partial charge < -0.3 is 10.8 Å². The van der Waals surface area contributed by atoms with Gasteiger partial charge in [-0.15, -0.1) is 0 Å². The van der Waals surface area contributed by atoms with E-state index < -0.39 is 6.23 Å². The Balaban J connectivity index is 2.33. The lowest BCUT2D eigenvalue weighted by Crippen LogP contribution is -2.35. The summed E-state index contributed by atoms with van der Waals surface area (Å²) < 4.78 is 0. The maximum absolute atomic E-state index is 8.76. The van der Waals surface area contributed by atoms with Crippen LogP contribution in [-0.4, -0.2) is 23.9 Å². The van der Waals surface area contributed by atoms with Crippen LogP contribution in [0, 0.1) is 0 Å². The Morgan fingerprint density at radius 2 is 2.43 bits per heavy atom. The molecule has 42 valence electrons. The van der Waals surface area contributed by atoms with Crippen LogP contribution < -0.4 is 11.1 Å². The molecule has 1 fully saturated rings. The predicted molar refractivity (Wildman–Crippen MR) is 26.6 cm³/mol. The predicted octanol–water partition coefficient (Wildman–Crippen LogP) is -1.37. The summed E-state index contributed by atoms with van der Waals surface area (Å²) in [5.74, 6) is 0. The first-order chi connectivity index (χ1) is 3.30. The van der Waals surface area contributed by atoms with E-state index in [4.69, 9.17) is 10.8 Å². The molecule has 2 atom stereocenters.